The summed E-state index contributed by atoms with van der Waals surface area (Å²) in [4.78, 5) is 15.7. The highest BCUT2D eigenvalue weighted by atomic mass is 19.1. The van der Waals surface area contributed by atoms with Crippen molar-refractivity contribution in [2.24, 2.45) is 0 Å². The maximum Gasteiger partial charge on any atom is 0.219 e. The molecule has 0 saturated carbocycles. The minimum absolute atomic E-state index is 0.00822. The van der Waals surface area contributed by atoms with Gasteiger partial charge in [-0.25, -0.2) is 4.39 Å². The van der Waals surface area contributed by atoms with Crippen LogP contribution in [0.3, 0.4) is 0 Å². The van der Waals surface area contributed by atoms with Gasteiger partial charge in [0.25, 0.3) is 0 Å². The van der Waals surface area contributed by atoms with E-state index in [2.05, 4.69) is 24.1 Å². The summed E-state index contributed by atoms with van der Waals surface area (Å²) in [6.07, 6.45) is 0.819. The summed E-state index contributed by atoms with van der Waals surface area (Å²) in [6, 6.07) is 6.78. The molecular formula is C18H28FN3O. The van der Waals surface area contributed by atoms with Gasteiger partial charge in [-0.1, -0.05) is 12.1 Å². The van der Waals surface area contributed by atoms with Crippen molar-refractivity contribution in [3.8, 4) is 0 Å². The van der Waals surface area contributed by atoms with E-state index in [1.54, 1.807) is 19.1 Å². The van der Waals surface area contributed by atoms with E-state index in [0.29, 0.717) is 0 Å². The number of halogens is 1. The van der Waals surface area contributed by atoms with Gasteiger partial charge in [0.05, 0.1) is 0 Å². The molecule has 1 N–H and O–H groups in total. The number of hydrogen-bond donors (Lipinski definition) is 1. The Morgan fingerprint density at radius 2 is 1.96 bits per heavy atom. The molecule has 1 saturated heterocycles. The summed E-state index contributed by atoms with van der Waals surface area (Å²) >= 11 is 0. The van der Waals surface area contributed by atoms with Crippen molar-refractivity contribution in [1.29, 1.82) is 0 Å². The summed E-state index contributed by atoms with van der Waals surface area (Å²) < 4.78 is 13.2. The van der Waals surface area contributed by atoms with Gasteiger partial charge in [-0.15, -0.1) is 0 Å². The van der Waals surface area contributed by atoms with Crippen LogP contribution in [0.1, 0.15) is 26.3 Å². The zero-order chi connectivity index (χ0) is 16.9. The number of benzene rings is 1. The summed E-state index contributed by atoms with van der Waals surface area (Å²) in [7, 11) is 0. The average Bonchev–Trinajstić information content (AvgIpc) is 2.47. The molecule has 1 aliphatic rings. The molecule has 5 heteroatoms. The van der Waals surface area contributed by atoms with Crippen LogP contribution in [0.2, 0.25) is 0 Å². The molecule has 1 aliphatic heterocycles. The van der Waals surface area contributed by atoms with E-state index < -0.39 is 0 Å². The van der Waals surface area contributed by atoms with Crippen molar-refractivity contribution in [2.75, 3.05) is 39.3 Å². The predicted molar refractivity (Wildman–Crippen MR) is 90.9 cm³/mol. The van der Waals surface area contributed by atoms with Gasteiger partial charge in [0.1, 0.15) is 5.82 Å². The second-order valence-electron chi connectivity index (χ2n) is 6.97. The number of carbonyl (C=O) groups is 1. The van der Waals surface area contributed by atoms with E-state index in [1.165, 1.54) is 6.07 Å². The zero-order valence-corrected chi connectivity index (χ0v) is 14.4. The van der Waals surface area contributed by atoms with Gasteiger partial charge in [0.15, 0.2) is 0 Å². The first-order valence-corrected chi connectivity index (χ1v) is 8.33. The molecule has 128 valence electrons. The molecule has 23 heavy (non-hydrogen) atoms. The SMILES string of the molecule is CC(=O)N1CCN(CC(C)(C)NCCc2cccc(F)c2)CC1. The molecule has 2 rings (SSSR count). The number of rotatable bonds is 6. The second kappa shape index (κ2) is 7.88. The zero-order valence-electron chi connectivity index (χ0n) is 14.4. The van der Waals surface area contributed by atoms with Gasteiger partial charge in [-0.3, -0.25) is 9.69 Å². The monoisotopic (exact) mass is 321 g/mol. The van der Waals surface area contributed by atoms with Gasteiger partial charge in [-0.2, -0.15) is 0 Å². The Morgan fingerprint density at radius 1 is 1.26 bits per heavy atom. The first kappa shape index (κ1) is 17.9. The molecule has 1 aromatic rings. The second-order valence-corrected chi connectivity index (χ2v) is 6.97. The van der Waals surface area contributed by atoms with Crippen LogP contribution in [0.4, 0.5) is 4.39 Å². The summed E-state index contributed by atoms with van der Waals surface area (Å²) in [5.41, 5.74) is 1.01. The van der Waals surface area contributed by atoms with E-state index in [1.807, 2.05) is 11.0 Å². The number of hydrogen-bond acceptors (Lipinski definition) is 3. The summed E-state index contributed by atoms with van der Waals surface area (Å²) in [5, 5.41) is 3.56. The highest BCUT2D eigenvalue weighted by Gasteiger charge is 2.25. The van der Waals surface area contributed by atoms with Gasteiger partial charge in [-0.05, 0) is 44.5 Å². The van der Waals surface area contributed by atoms with Gasteiger partial charge >= 0.3 is 0 Å². The Kier molecular flexibility index (Phi) is 6.13. The molecule has 1 heterocycles. The molecule has 0 unspecified atom stereocenters. The number of nitrogens with one attached hydrogen (secondary N) is 1. The fourth-order valence-corrected chi connectivity index (χ4v) is 3.07. The van der Waals surface area contributed by atoms with Gasteiger partial charge in [0.2, 0.25) is 5.91 Å². The lowest BCUT2D eigenvalue weighted by atomic mass is 10.0. The minimum atomic E-state index is -0.176. The first-order chi connectivity index (χ1) is 10.9. The molecule has 0 aliphatic carbocycles. The Labute approximate surface area is 138 Å². The third-order valence-corrected chi connectivity index (χ3v) is 4.34. The summed E-state index contributed by atoms with van der Waals surface area (Å²) in [6.45, 7) is 11.3. The van der Waals surface area contributed by atoms with E-state index in [-0.39, 0.29) is 17.3 Å². The standard InChI is InChI=1S/C18H28FN3O/c1-15(23)22-11-9-21(10-12-22)14-18(2,3)20-8-7-16-5-4-6-17(19)13-16/h4-6,13,20H,7-12,14H2,1-3H3. The van der Waals surface area contributed by atoms with Crippen molar-refractivity contribution in [2.45, 2.75) is 32.7 Å². The van der Waals surface area contributed by atoms with Gasteiger partial charge in [0, 0.05) is 45.2 Å². The first-order valence-electron chi connectivity index (χ1n) is 8.33. The molecule has 0 spiro atoms. The molecular weight excluding hydrogens is 293 g/mol. The van der Waals surface area contributed by atoms with Crippen molar-refractivity contribution in [3.63, 3.8) is 0 Å². The maximum atomic E-state index is 13.2. The largest absolute Gasteiger partial charge is 0.340 e. The third-order valence-electron chi connectivity index (χ3n) is 4.34. The van der Waals surface area contributed by atoms with Crippen molar-refractivity contribution >= 4 is 5.91 Å². The average molecular weight is 321 g/mol. The summed E-state index contributed by atoms with van der Waals surface area (Å²) in [5.74, 6) is -0.0118. The Hall–Kier alpha value is -1.46. The number of nitrogens with zero attached hydrogens (tertiary/aromatic N) is 2. The Balaban J connectivity index is 1.73. The molecule has 0 bridgehead atoms. The highest BCUT2D eigenvalue weighted by molar-refractivity contribution is 5.73. The van der Waals surface area contributed by atoms with Gasteiger partial charge < -0.3 is 10.2 Å². The number of piperazine rings is 1. The number of carbonyl (C=O) groups excluding carboxylic acids is 1. The van der Waals surface area contributed by atoms with Crippen LogP contribution in [0.15, 0.2) is 24.3 Å². The van der Waals surface area contributed by atoms with Crippen LogP contribution in [0.25, 0.3) is 0 Å². The topological polar surface area (TPSA) is 35.6 Å². The predicted octanol–water partition coefficient (Wildman–Crippen LogP) is 1.90. The van der Waals surface area contributed by atoms with Crippen LogP contribution in [0.5, 0.6) is 0 Å². The molecule has 4 nitrogen and oxygen atoms in total. The lowest BCUT2D eigenvalue weighted by Crippen LogP contribution is -2.55. The van der Waals surface area contributed by atoms with Crippen molar-refractivity contribution < 1.29 is 9.18 Å². The number of amides is 1. The Bertz CT molecular complexity index is 525. The fourth-order valence-electron chi connectivity index (χ4n) is 3.07. The van der Waals surface area contributed by atoms with Crippen molar-refractivity contribution in [1.82, 2.24) is 15.1 Å². The van der Waals surface area contributed by atoms with Crippen LogP contribution in [-0.2, 0) is 11.2 Å². The third kappa shape index (κ3) is 5.92. The molecule has 1 amide bonds. The molecule has 0 radical (unpaired) electrons. The lowest BCUT2D eigenvalue weighted by Gasteiger charge is -2.39. The maximum absolute atomic E-state index is 13.2. The quantitative estimate of drug-likeness (QED) is 0.869. The lowest BCUT2D eigenvalue weighted by molar-refractivity contribution is -0.130. The van der Waals surface area contributed by atoms with Crippen LogP contribution >= 0.6 is 0 Å². The smallest absolute Gasteiger partial charge is 0.219 e. The van der Waals surface area contributed by atoms with Crippen LogP contribution < -0.4 is 5.32 Å². The van der Waals surface area contributed by atoms with E-state index in [9.17, 15) is 9.18 Å². The van der Waals surface area contributed by atoms with E-state index >= 15 is 0 Å². The van der Waals surface area contributed by atoms with Crippen LogP contribution in [-0.4, -0.2) is 60.5 Å². The van der Waals surface area contributed by atoms with E-state index in [0.717, 1.165) is 51.3 Å². The minimum Gasteiger partial charge on any atom is -0.340 e. The fraction of sp³-hybridized carbons (Fsp3) is 0.611. The van der Waals surface area contributed by atoms with Crippen LogP contribution in [0, 0.1) is 5.82 Å². The molecule has 0 atom stereocenters. The normalized spacial score (nSPS) is 16.6. The molecule has 1 fully saturated rings. The Morgan fingerprint density at radius 3 is 2.57 bits per heavy atom. The van der Waals surface area contributed by atoms with E-state index in [4.69, 9.17) is 0 Å². The highest BCUT2D eigenvalue weighted by Crippen LogP contribution is 2.10. The van der Waals surface area contributed by atoms with Crippen molar-refractivity contribution in [3.05, 3.63) is 35.6 Å². The molecule has 1 aromatic carbocycles. The molecule has 0 aromatic heterocycles.